The van der Waals surface area contributed by atoms with E-state index < -0.39 is 0 Å². The Morgan fingerprint density at radius 3 is 2.87 bits per heavy atom. The molecule has 15 heavy (non-hydrogen) atoms. The first-order valence-corrected chi connectivity index (χ1v) is 5.46. The molecule has 1 aliphatic rings. The molecule has 82 valence electrons. The molecule has 1 unspecified atom stereocenters. The van der Waals surface area contributed by atoms with Gasteiger partial charge in [-0.05, 0) is 36.8 Å². The van der Waals surface area contributed by atoms with Crippen LogP contribution >= 0.6 is 0 Å². The molecule has 4 nitrogen and oxygen atoms in total. The van der Waals surface area contributed by atoms with Crippen LogP contribution in [-0.4, -0.2) is 23.4 Å². The number of nitrogens with two attached hydrogens (primary N) is 1. The topological polar surface area (TPSA) is 61.0 Å². The minimum atomic E-state index is 0.0867. The molecule has 2 heterocycles. The van der Waals surface area contributed by atoms with Crippen LogP contribution in [0.1, 0.15) is 30.9 Å². The van der Waals surface area contributed by atoms with Crippen molar-refractivity contribution in [3.05, 3.63) is 24.0 Å². The fourth-order valence-corrected chi connectivity index (χ4v) is 2.00. The van der Waals surface area contributed by atoms with Gasteiger partial charge in [0, 0.05) is 25.5 Å². The molecular weight excluding hydrogens is 190 g/mol. The maximum absolute atomic E-state index is 6.12. The second-order valence-electron chi connectivity index (χ2n) is 4.07. The van der Waals surface area contributed by atoms with Crippen LogP contribution in [-0.2, 0) is 4.74 Å². The molecule has 2 rings (SSSR count). The van der Waals surface area contributed by atoms with Crippen molar-refractivity contribution in [1.82, 2.24) is 10.2 Å². The summed E-state index contributed by atoms with van der Waals surface area (Å²) in [4.78, 5) is 0. The highest BCUT2D eigenvalue weighted by molar-refractivity contribution is 5.10. The normalized spacial score (nSPS) is 20.1. The van der Waals surface area contributed by atoms with Crippen LogP contribution in [0.25, 0.3) is 0 Å². The van der Waals surface area contributed by atoms with Crippen LogP contribution in [0.2, 0.25) is 0 Å². The number of hydrogen-bond donors (Lipinski definition) is 1. The van der Waals surface area contributed by atoms with Crippen LogP contribution in [0.5, 0.6) is 0 Å². The molecule has 0 aliphatic carbocycles. The summed E-state index contributed by atoms with van der Waals surface area (Å²) in [6.45, 7) is 1.76. The minimum Gasteiger partial charge on any atom is -0.381 e. The largest absolute Gasteiger partial charge is 0.381 e. The van der Waals surface area contributed by atoms with Gasteiger partial charge in [0.05, 0.1) is 6.20 Å². The first-order valence-electron chi connectivity index (χ1n) is 5.46. The molecule has 0 radical (unpaired) electrons. The lowest BCUT2D eigenvalue weighted by atomic mass is 9.90. The van der Waals surface area contributed by atoms with E-state index >= 15 is 0 Å². The summed E-state index contributed by atoms with van der Waals surface area (Å²) in [7, 11) is 0. The SMILES string of the molecule is NC(CC1CCOCC1)c1ccnnc1. The van der Waals surface area contributed by atoms with Gasteiger partial charge in [-0.3, -0.25) is 0 Å². The van der Waals surface area contributed by atoms with Crippen LogP contribution in [0, 0.1) is 5.92 Å². The molecule has 1 aliphatic heterocycles. The standard InChI is InChI=1S/C11H17N3O/c12-11(10-1-4-13-14-8-10)7-9-2-5-15-6-3-9/h1,4,8-9,11H,2-3,5-7,12H2. The summed E-state index contributed by atoms with van der Waals surface area (Å²) in [5, 5.41) is 7.59. The monoisotopic (exact) mass is 207 g/mol. The first-order chi connectivity index (χ1) is 7.36. The Morgan fingerprint density at radius 2 is 2.20 bits per heavy atom. The third-order valence-electron chi connectivity index (χ3n) is 2.96. The fraction of sp³-hybridized carbons (Fsp3) is 0.636. The van der Waals surface area contributed by atoms with Gasteiger partial charge in [-0.15, -0.1) is 0 Å². The lowest BCUT2D eigenvalue weighted by Crippen LogP contribution is -2.21. The van der Waals surface area contributed by atoms with Crippen molar-refractivity contribution in [1.29, 1.82) is 0 Å². The van der Waals surface area contributed by atoms with E-state index in [1.165, 1.54) is 0 Å². The summed E-state index contributed by atoms with van der Waals surface area (Å²) < 4.78 is 5.32. The van der Waals surface area contributed by atoms with Gasteiger partial charge in [0.25, 0.3) is 0 Å². The first kappa shape index (κ1) is 10.5. The van der Waals surface area contributed by atoms with Crippen molar-refractivity contribution in [2.24, 2.45) is 11.7 Å². The number of rotatable bonds is 3. The van der Waals surface area contributed by atoms with Crippen LogP contribution in [0.3, 0.4) is 0 Å². The Morgan fingerprint density at radius 1 is 1.40 bits per heavy atom. The predicted molar refractivity (Wildman–Crippen MR) is 57.1 cm³/mol. The Balaban J connectivity index is 1.88. The molecule has 0 bridgehead atoms. The van der Waals surface area contributed by atoms with E-state index in [4.69, 9.17) is 10.5 Å². The smallest absolute Gasteiger partial charge is 0.0543 e. The molecular formula is C11H17N3O. The lowest BCUT2D eigenvalue weighted by molar-refractivity contribution is 0.0618. The third-order valence-corrected chi connectivity index (χ3v) is 2.96. The highest BCUT2D eigenvalue weighted by atomic mass is 16.5. The second-order valence-corrected chi connectivity index (χ2v) is 4.07. The van der Waals surface area contributed by atoms with E-state index in [9.17, 15) is 0 Å². The number of nitrogens with zero attached hydrogens (tertiary/aromatic N) is 2. The third kappa shape index (κ3) is 2.97. The van der Waals surface area contributed by atoms with E-state index in [0.717, 1.165) is 38.0 Å². The van der Waals surface area contributed by atoms with Crippen LogP contribution in [0.4, 0.5) is 0 Å². The molecule has 0 spiro atoms. The van der Waals surface area contributed by atoms with Crippen molar-refractivity contribution >= 4 is 0 Å². The molecule has 2 N–H and O–H groups in total. The predicted octanol–water partition coefficient (Wildman–Crippen LogP) is 1.29. The van der Waals surface area contributed by atoms with E-state index in [2.05, 4.69) is 10.2 Å². The zero-order valence-corrected chi connectivity index (χ0v) is 8.80. The van der Waals surface area contributed by atoms with Gasteiger partial charge in [0.2, 0.25) is 0 Å². The fourth-order valence-electron chi connectivity index (χ4n) is 2.00. The summed E-state index contributed by atoms with van der Waals surface area (Å²) in [6.07, 6.45) is 6.73. The quantitative estimate of drug-likeness (QED) is 0.811. The number of aromatic nitrogens is 2. The second kappa shape index (κ2) is 5.19. The number of hydrogen-bond acceptors (Lipinski definition) is 4. The Bertz CT molecular complexity index is 285. The summed E-state index contributed by atoms with van der Waals surface area (Å²) in [5.41, 5.74) is 7.20. The summed E-state index contributed by atoms with van der Waals surface area (Å²) in [6, 6.07) is 2.03. The average molecular weight is 207 g/mol. The molecule has 1 fully saturated rings. The van der Waals surface area contributed by atoms with Crippen LogP contribution in [0.15, 0.2) is 18.5 Å². The van der Waals surface area contributed by atoms with E-state index in [0.29, 0.717) is 5.92 Å². The number of ether oxygens (including phenoxy) is 1. The molecule has 1 aromatic rings. The summed E-state index contributed by atoms with van der Waals surface area (Å²) >= 11 is 0. The summed E-state index contributed by atoms with van der Waals surface area (Å²) in [5.74, 6) is 0.696. The van der Waals surface area contributed by atoms with Gasteiger partial charge in [0.1, 0.15) is 0 Å². The van der Waals surface area contributed by atoms with Crippen molar-refractivity contribution in [2.75, 3.05) is 13.2 Å². The van der Waals surface area contributed by atoms with Gasteiger partial charge >= 0.3 is 0 Å². The highest BCUT2D eigenvalue weighted by Crippen LogP contribution is 2.25. The van der Waals surface area contributed by atoms with Gasteiger partial charge in [0.15, 0.2) is 0 Å². The zero-order chi connectivity index (χ0) is 10.5. The highest BCUT2D eigenvalue weighted by Gasteiger charge is 2.17. The minimum absolute atomic E-state index is 0.0867. The molecule has 0 aromatic carbocycles. The molecule has 0 saturated carbocycles. The van der Waals surface area contributed by atoms with Gasteiger partial charge in [-0.1, -0.05) is 0 Å². The molecule has 0 amide bonds. The maximum atomic E-state index is 6.12. The Labute approximate surface area is 89.8 Å². The van der Waals surface area contributed by atoms with E-state index in [1.54, 1.807) is 12.4 Å². The Hall–Kier alpha value is -1.00. The van der Waals surface area contributed by atoms with Crippen molar-refractivity contribution in [2.45, 2.75) is 25.3 Å². The van der Waals surface area contributed by atoms with Gasteiger partial charge in [-0.2, -0.15) is 10.2 Å². The molecule has 1 saturated heterocycles. The van der Waals surface area contributed by atoms with Gasteiger partial charge in [-0.25, -0.2) is 0 Å². The van der Waals surface area contributed by atoms with Crippen molar-refractivity contribution < 1.29 is 4.74 Å². The van der Waals surface area contributed by atoms with E-state index in [1.807, 2.05) is 6.07 Å². The molecule has 4 heteroatoms. The van der Waals surface area contributed by atoms with Gasteiger partial charge < -0.3 is 10.5 Å². The zero-order valence-electron chi connectivity index (χ0n) is 8.80. The van der Waals surface area contributed by atoms with Crippen molar-refractivity contribution in [3.8, 4) is 0 Å². The maximum Gasteiger partial charge on any atom is 0.0543 e. The van der Waals surface area contributed by atoms with E-state index in [-0.39, 0.29) is 6.04 Å². The molecule has 1 atom stereocenters. The Kier molecular flexibility index (Phi) is 3.64. The average Bonchev–Trinajstić information content (AvgIpc) is 2.31. The van der Waals surface area contributed by atoms with Crippen LogP contribution < -0.4 is 5.73 Å². The van der Waals surface area contributed by atoms with Crippen molar-refractivity contribution in [3.63, 3.8) is 0 Å². The molecule has 1 aromatic heterocycles. The lowest BCUT2D eigenvalue weighted by Gasteiger charge is -2.24.